The smallest absolute Gasteiger partial charge is 0.123 e. The molecule has 1 aromatic carbocycles. The van der Waals surface area contributed by atoms with Crippen LogP contribution in [0.4, 0.5) is 4.39 Å². The van der Waals surface area contributed by atoms with Gasteiger partial charge in [0.25, 0.3) is 0 Å². The number of hydrogen-bond acceptors (Lipinski definition) is 1. The van der Waals surface area contributed by atoms with Gasteiger partial charge in [0.2, 0.25) is 0 Å². The summed E-state index contributed by atoms with van der Waals surface area (Å²) in [5.41, 5.74) is 1.93. The molecule has 0 aliphatic rings. The standard InChI is InChI=1S/C12H16FO/c1-9-6-11(8-12(13)7-9)10(2)4-5-14-3/h6-8H,4-5H2,1-3H3. The van der Waals surface area contributed by atoms with Crippen molar-refractivity contribution in [1.29, 1.82) is 0 Å². The molecule has 0 unspecified atom stereocenters. The molecule has 0 spiro atoms. The Balaban J connectivity index is 2.73. The molecule has 1 rings (SSSR count). The van der Waals surface area contributed by atoms with Crippen LogP contribution in [0, 0.1) is 18.7 Å². The maximum Gasteiger partial charge on any atom is 0.123 e. The first-order valence-corrected chi connectivity index (χ1v) is 4.72. The molecule has 0 aliphatic carbocycles. The Kier molecular flexibility index (Phi) is 4.08. The molecule has 0 heterocycles. The van der Waals surface area contributed by atoms with Gasteiger partial charge in [-0.05, 0) is 36.6 Å². The van der Waals surface area contributed by atoms with E-state index in [-0.39, 0.29) is 5.82 Å². The molecule has 0 saturated heterocycles. The number of aryl methyl sites for hydroxylation is 1. The number of rotatable bonds is 4. The largest absolute Gasteiger partial charge is 0.385 e. The van der Waals surface area contributed by atoms with Crippen LogP contribution >= 0.6 is 0 Å². The summed E-state index contributed by atoms with van der Waals surface area (Å²) in [6.07, 6.45) is 0.847. The zero-order valence-electron chi connectivity index (χ0n) is 8.93. The van der Waals surface area contributed by atoms with Gasteiger partial charge in [-0.3, -0.25) is 0 Å². The molecule has 77 valence electrons. The minimum atomic E-state index is -0.170. The van der Waals surface area contributed by atoms with Gasteiger partial charge < -0.3 is 4.74 Å². The Morgan fingerprint density at radius 3 is 2.64 bits per heavy atom. The van der Waals surface area contributed by atoms with Crippen LogP contribution in [0.2, 0.25) is 0 Å². The van der Waals surface area contributed by atoms with E-state index >= 15 is 0 Å². The van der Waals surface area contributed by atoms with Crippen molar-refractivity contribution >= 4 is 0 Å². The summed E-state index contributed by atoms with van der Waals surface area (Å²) in [6.45, 7) is 4.59. The van der Waals surface area contributed by atoms with Crippen LogP contribution in [0.1, 0.15) is 24.5 Å². The molecule has 0 saturated carbocycles. The van der Waals surface area contributed by atoms with Gasteiger partial charge in [-0.25, -0.2) is 4.39 Å². The first kappa shape index (κ1) is 11.2. The number of hydrogen-bond donors (Lipinski definition) is 0. The van der Waals surface area contributed by atoms with Gasteiger partial charge >= 0.3 is 0 Å². The fourth-order valence-electron chi connectivity index (χ4n) is 1.38. The first-order chi connectivity index (χ1) is 6.63. The molecule has 0 N–H and O–H groups in total. The number of methoxy groups -OCH3 is 1. The molecule has 14 heavy (non-hydrogen) atoms. The van der Waals surface area contributed by atoms with Gasteiger partial charge in [-0.1, -0.05) is 13.0 Å². The highest BCUT2D eigenvalue weighted by Gasteiger charge is 2.07. The van der Waals surface area contributed by atoms with E-state index < -0.39 is 0 Å². The van der Waals surface area contributed by atoms with Crippen molar-refractivity contribution in [1.82, 2.24) is 0 Å². The van der Waals surface area contributed by atoms with E-state index in [1.807, 2.05) is 19.9 Å². The Bertz CT molecular complexity index is 276. The van der Waals surface area contributed by atoms with E-state index in [9.17, 15) is 4.39 Å². The second-order valence-corrected chi connectivity index (χ2v) is 3.54. The quantitative estimate of drug-likeness (QED) is 0.717. The molecule has 0 aromatic heterocycles. The Morgan fingerprint density at radius 1 is 1.36 bits per heavy atom. The molecule has 1 radical (unpaired) electrons. The normalized spacial score (nSPS) is 10.9. The van der Waals surface area contributed by atoms with Crippen LogP contribution in [-0.4, -0.2) is 13.7 Å². The summed E-state index contributed by atoms with van der Waals surface area (Å²) in [5.74, 6) is 0.992. The lowest BCUT2D eigenvalue weighted by molar-refractivity contribution is 0.199. The van der Waals surface area contributed by atoms with Crippen molar-refractivity contribution in [3.8, 4) is 0 Å². The molecule has 0 amide bonds. The average Bonchev–Trinajstić information content (AvgIpc) is 2.12. The van der Waals surface area contributed by atoms with Gasteiger partial charge in [-0.2, -0.15) is 0 Å². The molecule has 2 heteroatoms. The van der Waals surface area contributed by atoms with Crippen molar-refractivity contribution in [3.05, 3.63) is 41.1 Å². The van der Waals surface area contributed by atoms with Crippen LogP contribution in [0.25, 0.3) is 0 Å². The van der Waals surface area contributed by atoms with E-state index in [4.69, 9.17) is 4.74 Å². The Morgan fingerprint density at radius 2 is 2.07 bits per heavy atom. The predicted molar refractivity (Wildman–Crippen MR) is 55.6 cm³/mol. The summed E-state index contributed by atoms with van der Waals surface area (Å²) >= 11 is 0. The van der Waals surface area contributed by atoms with E-state index in [0.717, 1.165) is 23.5 Å². The molecular formula is C12H16FO. The zero-order chi connectivity index (χ0) is 10.6. The van der Waals surface area contributed by atoms with Crippen LogP contribution < -0.4 is 0 Å². The summed E-state index contributed by atoms with van der Waals surface area (Å²) in [7, 11) is 1.67. The lowest BCUT2D eigenvalue weighted by Gasteiger charge is -2.11. The Labute approximate surface area is 84.9 Å². The maximum atomic E-state index is 13.1. The minimum absolute atomic E-state index is 0.170. The van der Waals surface area contributed by atoms with Crippen LogP contribution in [0.3, 0.4) is 0 Å². The lowest BCUT2D eigenvalue weighted by Crippen LogP contribution is -2.00. The van der Waals surface area contributed by atoms with Crippen molar-refractivity contribution in [2.24, 2.45) is 0 Å². The van der Waals surface area contributed by atoms with Gasteiger partial charge in [0, 0.05) is 19.6 Å². The minimum Gasteiger partial charge on any atom is -0.385 e. The van der Waals surface area contributed by atoms with Gasteiger partial charge in [-0.15, -0.1) is 0 Å². The third kappa shape index (κ3) is 3.11. The fraction of sp³-hybridized carbons (Fsp3) is 0.417. The summed E-state index contributed by atoms with van der Waals surface area (Å²) < 4.78 is 18.0. The highest BCUT2D eigenvalue weighted by Crippen LogP contribution is 2.20. The topological polar surface area (TPSA) is 9.23 Å². The van der Waals surface area contributed by atoms with Crippen molar-refractivity contribution in [2.75, 3.05) is 13.7 Å². The van der Waals surface area contributed by atoms with E-state index in [1.54, 1.807) is 13.2 Å². The van der Waals surface area contributed by atoms with Gasteiger partial charge in [0.05, 0.1) is 0 Å². The Hall–Kier alpha value is -0.890. The zero-order valence-corrected chi connectivity index (χ0v) is 8.93. The second-order valence-electron chi connectivity index (χ2n) is 3.54. The predicted octanol–water partition coefficient (Wildman–Crippen LogP) is 3.11. The average molecular weight is 195 g/mol. The summed E-state index contributed by atoms with van der Waals surface area (Å²) in [6, 6.07) is 5.10. The summed E-state index contributed by atoms with van der Waals surface area (Å²) in [5, 5.41) is 0. The van der Waals surface area contributed by atoms with E-state index in [2.05, 4.69) is 0 Å². The lowest BCUT2D eigenvalue weighted by atomic mass is 9.96. The molecule has 0 atom stereocenters. The SMILES string of the molecule is COCC[C](C)c1cc(C)cc(F)c1. The van der Waals surface area contributed by atoms with Crippen LogP contribution in [0.15, 0.2) is 18.2 Å². The summed E-state index contributed by atoms with van der Waals surface area (Å²) in [4.78, 5) is 0. The molecule has 0 fully saturated rings. The number of benzene rings is 1. The first-order valence-electron chi connectivity index (χ1n) is 4.72. The highest BCUT2D eigenvalue weighted by molar-refractivity contribution is 5.33. The van der Waals surface area contributed by atoms with Crippen molar-refractivity contribution in [2.45, 2.75) is 20.3 Å². The molecule has 1 aromatic rings. The van der Waals surface area contributed by atoms with Gasteiger partial charge in [0.15, 0.2) is 0 Å². The molecule has 0 bridgehead atoms. The second kappa shape index (κ2) is 5.11. The maximum absolute atomic E-state index is 13.1. The fourth-order valence-corrected chi connectivity index (χ4v) is 1.38. The monoisotopic (exact) mass is 195 g/mol. The van der Waals surface area contributed by atoms with Gasteiger partial charge in [0.1, 0.15) is 5.82 Å². The molecular weight excluding hydrogens is 179 g/mol. The molecule has 1 nitrogen and oxygen atoms in total. The number of ether oxygens (including phenoxy) is 1. The highest BCUT2D eigenvalue weighted by atomic mass is 19.1. The number of halogens is 1. The third-order valence-electron chi connectivity index (χ3n) is 2.22. The van der Waals surface area contributed by atoms with Crippen molar-refractivity contribution in [3.63, 3.8) is 0 Å². The molecule has 0 aliphatic heterocycles. The van der Waals surface area contributed by atoms with E-state index in [1.165, 1.54) is 6.07 Å². The van der Waals surface area contributed by atoms with Crippen LogP contribution in [0.5, 0.6) is 0 Å². The van der Waals surface area contributed by atoms with Crippen molar-refractivity contribution < 1.29 is 9.13 Å². The van der Waals surface area contributed by atoms with Crippen LogP contribution in [-0.2, 0) is 4.74 Å². The third-order valence-corrected chi connectivity index (χ3v) is 2.22. The van der Waals surface area contributed by atoms with E-state index in [0.29, 0.717) is 6.61 Å².